The van der Waals surface area contributed by atoms with Crippen LogP contribution in [0.1, 0.15) is 27.8 Å². The number of nitrogens with zero attached hydrogens (tertiary/aromatic N) is 2. The standard InChI is InChI=1S/C10H10ClN3O2/c1-3-12-7-6(11)10(16)8-5(9(7)15)4-13-14(8)2/h4,12H,3H2,1-2H3. The van der Waals surface area contributed by atoms with Crippen molar-refractivity contribution in [3.8, 4) is 0 Å². The van der Waals surface area contributed by atoms with E-state index in [0.717, 1.165) is 0 Å². The molecular formula is C10H10ClN3O2. The van der Waals surface area contributed by atoms with Crippen molar-refractivity contribution in [2.24, 2.45) is 7.05 Å². The number of carbonyl (C=O) groups is 2. The molecule has 0 atom stereocenters. The zero-order valence-electron chi connectivity index (χ0n) is 8.87. The summed E-state index contributed by atoms with van der Waals surface area (Å²) in [4.78, 5) is 23.9. The van der Waals surface area contributed by atoms with E-state index in [1.165, 1.54) is 10.9 Å². The summed E-state index contributed by atoms with van der Waals surface area (Å²) < 4.78 is 1.36. The van der Waals surface area contributed by atoms with Crippen LogP contribution in [-0.2, 0) is 7.05 Å². The number of likely N-dealkylation sites (N-methyl/N-ethyl adjacent to an activating group) is 1. The summed E-state index contributed by atoms with van der Waals surface area (Å²) in [6.07, 6.45) is 1.39. The van der Waals surface area contributed by atoms with E-state index in [4.69, 9.17) is 11.6 Å². The summed E-state index contributed by atoms with van der Waals surface area (Å²) in [5.41, 5.74) is 0.708. The highest BCUT2D eigenvalue weighted by molar-refractivity contribution is 6.49. The zero-order valence-corrected chi connectivity index (χ0v) is 9.63. The number of fused-ring (bicyclic) bond motifs is 1. The van der Waals surface area contributed by atoms with Gasteiger partial charge in [0.15, 0.2) is 0 Å². The number of hydrogen-bond acceptors (Lipinski definition) is 4. The van der Waals surface area contributed by atoms with Crippen LogP contribution >= 0.6 is 11.6 Å². The molecule has 1 heterocycles. The number of aryl methyl sites for hydroxylation is 1. The van der Waals surface area contributed by atoms with Crippen molar-refractivity contribution in [3.05, 3.63) is 28.2 Å². The Morgan fingerprint density at radius 2 is 2.12 bits per heavy atom. The average Bonchev–Trinajstić information content (AvgIpc) is 2.64. The van der Waals surface area contributed by atoms with Crippen LogP contribution < -0.4 is 5.32 Å². The van der Waals surface area contributed by atoms with E-state index < -0.39 is 0 Å². The first-order valence-corrected chi connectivity index (χ1v) is 5.20. The summed E-state index contributed by atoms with van der Waals surface area (Å²) in [5, 5.41) is 6.63. The van der Waals surface area contributed by atoms with Crippen LogP contribution in [-0.4, -0.2) is 27.9 Å². The summed E-state index contributed by atoms with van der Waals surface area (Å²) in [5.74, 6) is -0.651. The number of ketones is 2. The molecule has 1 aromatic rings. The summed E-state index contributed by atoms with van der Waals surface area (Å²) in [6, 6.07) is 0. The van der Waals surface area contributed by atoms with Gasteiger partial charge in [-0.25, -0.2) is 0 Å². The minimum Gasteiger partial charge on any atom is -0.381 e. The third-order valence-electron chi connectivity index (χ3n) is 2.40. The molecule has 0 radical (unpaired) electrons. The Morgan fingerprint density at radius 3 is 2.75 bits per heavy atom. The Morgan fingerprint density at radius 1 is 1.44 bits per heavy atom. The van der Waals surface area contributed by atoms with Crippen molar-refractivity contribution in [2.75, 3.05) is 6.54 Å². The van der Waals surface area contributed by atoms with E-state index in [9.17, 15) is 9.59 Å². The normalized spacial score (nSPS) is 15.4. The van der Waals surface area contributed by atoms with Crippen LogP contribution in [0.2, 0.25) is 0 Å². The fraction of sp³-hybridized carbons (Fsp3) is 0.300. The van der Waals surface area contributed by atoms with Gasteiger partial charge in [0.1, 0.15) is 16.4 Å². The minimum atomic E-state index is -0.368. The van der Waals surface area contributed by atoms with E-state index in [-0.39, 0.29) is 28.0 Å². The number of halogens is 1. The van der Waals surface area contributed by atoms with Crippen LogP contribution in [0.4, 0.5) is 0 Å². The van der Waals surface area contributed by atoms with E-state index in [1.54, 1.807) is 7.05 Å². The highest BCUT2D eigenvalue weighted by atomic mass is 35.5. The molecule has 1 aromatic heterocycles. The van der Waals surface area contributed by atoms with Gasteiger partial charge >= 0.3 is 0 Å². The molecule has 0 saturated carbocycles. The summed E-state index contributed by atoms with van der Waals surface area (Å²) in [7, 11) is 1.60. The predicted octanol–water partition coefficient (Wildman–Crippen LogP) is 0.859. The largest absolute Gasteiger partial charge is 0.381 e. The number of nitrogens with one attached hydrogen (secondary N) is 1. The predicted molar refractivity (Wildman–Crippen MR) is 58.4 cm³/mol. The van der Waals surface area contributed by atoms with Gasteiger partial charge in [0.05, 0.1) is 11.8 Å². The maximum Gasteiger partial charge on any atom is 0.225 e. The topological polar surface area (TPSA) is 64.0 Å². The van der Waals surface area contributed by atoms with Gasteiger partial charge in [-0.1, -0.05) is 11.6 Å². The molecule has 16 heavy (non-hydrogen) atoms. The third-order valence-corrected chi connectivity index (χ3v) is 2.76. The molecule has 0 unspecified atom stereocenters. The first-order chi connectivity index (χ1) is 7.57. The van der Waals surface area contributed by atoms with E-state index in [0.29, 0.717) is 12.1 Å². The van der Waals surface area contributed by atoms with Crippen LogP contribution in [0, 0.1) is 0 Å². The van der Waals surface area contributed by atoms with Crippen molar-refractivity contribution >= 4 is 23.2 Å². The average molecular weight is 240 g/mol. The number of carbonyl (C=O) groups excluding carboxylic acids is 2. The Hall–Kier alpha value is -1.62. The molecule has 0 spiro atoms. The second-order valence-electron chi connectivity index (χ2n) is 3.41. The van der Waals surface area contributed by atoms with E-state index in [2.05, 4.69) is 10.4 Å². The van der Waals surface area contributed by atoms with Crippen molar-refractivity contribution in [1.82, 2.24) is 15.1 Å². The minimum absolute atomic E-state index is 0.0667. The number of allylic oxidation sites excluding steroid dienone is 2. The second-order valence-corrected chi connectivity index (χ2v) is 3.79. The Balaban J connectivity index is 2.60. The van der Waals surface area contributed by atoms with Gasteiger partial charge in [0.2, 0.25) is 11.6 Å². The lowest BCUT2D eigenvalue weighted by molar-refractivity contribution is 0.0970. The van der Waals surface area contributed by atoms with Crippen molar-refractivity contribution in [3.63, 3.8) is 0 Å². The monoisotopic (exact) mass is 239 g/mol. The van der Waals surface area contributed by atoms with Gasteiger partial charge in [-0.05, 0) is 6.92 Å². The molecule has 0 saturated heterocycles. The number of rotatable bonds is 2. The molecule has 84 valence electrons. The van der Waals surface area contributed by atoms with E-state index >= 15 is 0 Å². The maximum absolute atomic E-state index is 12.0. The second kappa shape index (κ2) is 3.75. The number of hydrogen-bond donors (Lipinski definition) is 1. The van der Waals surface area contributed by atoms with Crippen LogP contribution in [0.15, 0.2) is 16.9 Å². The molecule has 2 rings (SSSR count). The fourth-order valence-electron chi connectivity index (χ4n) is 1.66. The van der Waals surface area contributed by atoms with E-state index in [1.807, 2.05) is 6.92 Å². The highest BCUT2D eigenvalue weighted by Gasteiger charge is 2.34. The van der Waals surface area contributed by atoms with Crippen molar-refractivity contribution in [1.29, 1.82) is 0 Å². The third kappa shape index (κ3) is 1.36. The van der Waals surface area contributed by atoms with Gasteiger partial charge in [-0.3, -0.25) is 14.3 Å². The lowest BCUT2D eigenvalue weighted by atomic mass is 9.99. The van der Waals surface area contributed by atoms with Crippen LogP contribution in [0.3, 0.4) is 0 Å². The molecule has 6 heteroatoms. The SMILES string of the molecule is CCNC1=C(Cl)C(=O)c2c(cnn2C)C1=O. The number of Topliss-reactive ketones (excluding diaryl/α,β-unsaturated/α-hetero) is 2. The Kier molecular flexibility index (Phi) is 2.55. The molecule has 1 N–H and O–H groups in total. The lowest BCUT2D eigenvalue weighted by Gasteiger charge is -2.15. The van der Waals surface area contributed by atoms with Gasteiger partial charge in [0.25, 0.3) is 0 Å². The molecular weight excluding hydrogens is 230 g/mol. The van der Waals surface area contributed by atoms with Gasteiger partial charge in [-0.15, -0.1) is 0 Å². The van der Waals surface area contributed by atoms with Crippen molar-refractivity contribution < 1.29 is 9.59 Å². The first-order valence-electron chi connectivity index (χ1n) is 4.83. The smallest absolute Gasteiger partial charge is 0.225 e. The molecule has 1 aliphatic carbocycles. The van der Waals surface area contributed by atoms with Gasteiger partial charge in [0, 0.05) is 13.6 Å². The molecule has 0 aromatic carbocycles. The molecule has 0 aliphatic heterocycles. The van der Waals surface area contributed by atoms with Crippen molar-refractivity contribution in [2.45, 2.75) is 6.92 Å². The summed E-state index contributed by atoms with van der Waals surface area (Å²) >= 11 is 5.87. The molecule has 5 nitrogen and oxygen atoms in total. The maximum atomic E-state index is 12.0. The van der Waals surface area contributed by atoms with Crippen LogP contribution in [0.5, 0.6) is 0 Å². The quantitative estimate of drug-likeness (QED) is 0.832. The molecule has 0 bridgehead atoms. The molecule has 1 aliphatic rings. The molecule has 0 amide bonds. The van der Waals surface area contributed by atoms with Gasteiger partial charge in [-0.2, -0.15) is 5.10 Å². The molecule has 0 fully saturated rings. The Labute approximate surface area is 97.1 Å². The summed E-state index contributed by atoms with van der Waals surface area (Å²) in [6.45, 7) is 2.36. The highest BCUT2D eigenvalue weighted by Crippen LogP contribution is 2.26. The fourth-order valence-corrected chi connectivity index (χ4v) is 1.90. The van der Waals surface area contributed by atoms with Crippen LogP contribution in [0.25, 0.3) is 0 Å². The lowest BCUT2D eigenvalue weighted by Crippen LogP contribution is -2.29. The zero-order chi connectivity index (χ0) is 11.9. The van der Waals surface area contributed by atoms with Gasteiger partial charge < -0.3 is 5.32 Å². The number of aromatic nitrogens is 2. The Bertz CT molecular complexity index is 516. The first kappa shape index (κ1) is 10.9.